The van der Waals surface area contributed by atoms with E-state index in [4.69, 9.17) is 5.73 Å². The molecule has 84 valence electrons. The highest BCUT2D eigenvalue weighted by molar-refractivity contribution is 5.72. The summed E-state index contributed by atoms with van der Waals surface area (Å²) >= 11 is 0. The number of rotatable bonds is 6. The van der Waals surface area contributed by atoms with Crippen LogP contribution in [-0.4, -0.2) is 44.0 Å². The maximum absolute atomic E-state index is 10.7. The summed E-state index contributed by atoms with van der Waals surface area (Å²) in [5.41, 5.74) is 5.92. The molecule has 4 nitrogen and oxygen atoms in total. The molecule has 0 aliphatic carbocycles. The number of carbonyl (C=O) groups is 1. The second-order valence-electron chi connectivity index (χ2n) is 4.17. The van der Waals surface area contributed by atoms with E-state index in [-0.39, 0.29) is 11.9 Å². The Morgan fingerprint density at radius 3 is 2.50 bits per heavy atom. The van der Waals surface area contributed by atoms with Crippen LogP contribution in [0.5, 0.6) is 0 Å². The highest BCUT2D eigenvalue weighted by Gasteiger charge is 2.12. The van der Waals surface area contributed by atoms with Crippen molar-refractivity contribution < 1.29 is 4.79 Å². The van der Waals surface area contributed by atoms with Crippen LogP contribution < -0.4 is 11.1 Å². The predicted molar refractivity (Wildman–Crippen MR) is 59.0 cm³/mol. The lowest BCUT2D eigenvalue weighted by Gasteiger charge is -2.21. The van der Waals surface area contributed by atoms with Gasteiger partial charge in [-0.2, -0.15) is 0 Å². The van der Waals surface area contributed by atoms with Crippen molar-refractivity contribution in [1.29, 1.82) is 0 Å². The second kappa shape index (κ2) is 6.79. The van der Waals surface area contributed by atoms with Gasteiger partial charge >= 0.3 is 0 Å². The lowest BCUT2D eigenvalue weighted by Crippen LogP contribution is -2.41. The average Bonchev–Trinajstić information content (AvgIpc) is 2.09. The van der Waals surface area contributed by atoms with Crippen LogP contribution in [0.2, 0.25) is 0 Å². The predicted octanol–water partition coefficient (Wildman–Crippen LogP) is 0.0376. The molecule has 0 fully saturated rings. The highest BCUT2D eigenvalue weighted by atomic mass is 16.1. The Kier molecular flexibility index (Phi) is 6.49. The Morgan fingerprint density at radius 2 is 2.07 bits per heavy atom. The van der Waals surface area contributed by atoms with E-state index in [2.05, 4.69) is 17.1 Å². The Hall–Kier alpha value is -0.610. The molecule has 0 saturated heterocycles. The Labute approximate surface area is 86.8 Å². The fourth-order valence-electron chi connectivity index (χ4n) is 1.14. The molecule has 0 spiro atoms. The summed E-state index contributed by atoms with van der Waals surface area (Å²) in [6.45, 7) is 5.24. The maximum Gasteiger partial charge on any atom is 0.216 e. The van der Waals surface area contributed by atoms with Gasteiger partial charge in [-0.3, -0.25) is 4.79 Å². The molecule has 0 saturated carbocycles. The molecule has 0 aromatic carbocycles. The normalized spacial score (nSPS) is 15.3. The van der Waals surface area contributed by atoms with Crippen molar-refractivity contribution in [3.8, 4) is 0 Å². The zero-order valence-electron chi connectivity index (χ0n) is 9.71. The van der Waals surface area contributed by atoms with Crippen molar-refractivity contribution in [2.24, 2.45) is 11.7 Å². The lowest BCUT2D eigenvalue weighted by atomic mass is 9.99. The van der Waals surface area contributed by atoms with Gasteiger partial charge in [-0.25, -0.2) is 0 Å². The largest absolute Gasteiger partial charge is 0.355 e. The van der Waals surface area contributed by atoms with E-state index in [1.165, 1.54) is 6.92 Å². The minimum absolute atomic E-state index is 0.0136. The lowest BCUT2D eigenvalue weighted by molar-refractivity contribution is -0.119. The number of hydrogen-bond acceptors (Lipinski definition) is 3. The van der Waals surface area contributed by atoms with Crippen molar-refractivity contribution in [2.75, 3.05) is 27.2 Å². The summed E-state index contributed by atoms with van der Waals surface area (Å²) in [6.07, 6.45) is 1.06. The van der Waals surface area contributed by atoms with Gasteiger partial charge in [0.25, 0.3) is 0 Å². The molecule has 3 N–H and O–H groups in total. The minimum Gasteiger partial charge on any atom is -0.355 e. The van der Waals surface area contributed by atoms with Crippen molar-refractivity contribution in [3.05, 3.63) is 0 Å². The van der Waals surface area contributed by atoms with Gasteiger partial charge in [0, 0.05) is 19.5 Å². The minimum atomic E-state index is -0.0136. The average molecular weight is 201 g/mol. The van der Waals surface area contributed by atoms with Crippen LogP contribution in [0.4, 0.5) is 0 Å². The van der Waals surface area contributed by atoms with Gasteiger partial charge in [-0.05, 0) is 33.0 Å². The molecule has 0 bridgehead atoms. The van der Waals surface area contributed by atoms with Crippen LogP contribution in [0.1, 0.15) is 20.3 Å². The molecule has 1 amide bonds. The summed E-state index contributed by atoms with van der Waals surface area (Å²) < 4.78 is 0. The van der Waals surface area contributed by atoms with E-state index in [1.807, 2.05) is 14.1 Å². The van der Waals surface area contributed by atoms with E-state index >= 15 is 0 Å². The molecule has 0 radical (unpaired) electrons. The smallest absolute Gasteiger partial charge is 0.216 e. The van der Waals surface area contributed by atoms with Crippen LogP contribution in [0, 0.1) is 5.92 Å². The Morgan fingerprint density at radius 1 is 1.50 bits per heavy atom. The summed E-state index contributed by atoms with van der Waals surface area (Å²) in [7, 11) is 4.10. The molecule has 0 aromatic heterocycles. The zero-order chi connectivity index (χ0) is 11.1. The fourth-order valence-corrected chi connectivity index (χ4v) is 1.14. The molecule has 14 heavy (non-hydrogen) atoms. The maximum atomic E-state index is 10.7. The number of nitrogens with two attached hydrogens (primary N) is 1. The molecular weight excluding hydrogens is 178 g/mol. The van der Waals surface area contributed by atoms with Gasteiger partial charge in [0.2, 0.25) is 5.91 Å². The number of hydrogen-bond donors (Lipinski definition) is 2. The summed E-state index contributed by atoms with van der Waals surface area (Å²) in [4.78, 5) is 12.8. The molecule has 0 aromatic rings. The first-order valence-electron chi connectivity index (χ1n) is 5.08. The Bertz CT molecular complexity index is 171. The first-order chi connectivity index (χ1) is 6.43. The van der Waals surface area contributed by atoms with Crippen LogP contribution in [0.25, 0.3) is 0 Å². The standard InChI is InChI=1S/C10H23N3O/c1-8(5-6-13(3)4)10(11)7-12-9(2)14/h8,10H,5-7,11H2,1-4H3,(H,12,14)/t8?,10-/m0/s1. The molecule has 0 aliphatic heterocycles. The summed E-state index contributed by atoms with van der Waals surface area (Å²) in [5, 5.41) is 2.74. The van der Waals surface area contributed by atoms with E-state index in [0.29, 0.717) is 12.5 Å². The van der Waals surface area contributed by atoms with Crippen LogP contribution in [-0.2, 0) is 4.79 Å². The third-order valence-corrected chi connectivity index (χ3v) is 2.35. The third-order valence-electron chi connectivity index (χ3n) is 2.35. The van der Waals surface area contributed by atoms with Gasteiger partial charge in [0.15, 0.2) is 0 Å². The van der Waals surface area contributed by atoms with E-state index in [0.717, 1.165) is 13.0 Å². The van der Waals surface area contributed by atoms with Gasteiger partial charge in [0.05, 0.1) is 0 Å². The van der Waals surface area contributed by atoms with Gasteiger partial charge in [-0.1, -0.05) is 6.92 Å². The van der Waals surface area contributed by atoms with Crippen molar-refractivity contribution in [1.82, 2.24) is 10.2 Å². The highest BCUT2D eigenvalue weighted by Crippen LogP contribution is 2.05. The molecule has 1 unspecified atom stereocenters. The SMILES string of the molecule is CC(=O)NC[C@H](N)C(C)CCN(C)C. The summed E-state index contributed by atoms with van der Waals surface area (Å²) in [6, 6.07) is 0.0545. The van der Waals surface area contributed by atoms with E-state index < -0.39 is 0 Å². The molecule has 0 heterocycles. The zero-order valence-corrected chi connectivity index (χ0v) is 9.71. The molecular formula is C10H23N3O. The van der Waals surface area contributed by atoms with Crippen molar-refractivity contribution >= 4 is 5.91 Å². The van der Waals surface area contributed by atoms with Crippen LogP contribution >= 0.6 is 0 Å². The molecule has 2 atom stereocenters. The van der Waals surface area contributed by atoms with E-state index in [1.54, 1.807) is 0 Å². The van der Waals surface area contributed by atoms with Gasteiger partial charge in [-0.15, -0.1) is 0 Å². The quantitative estimate of drug-likeness (QED) is 0.638. The van der Waals surface area contributed by atoms with Crippen LogP contribution in [0.3, 0.4) is 0 Å². The Balaban J connectivity index is 3.64. The monoisotopic (exact) mass is 201 g/mol. The molecule has 0 rings (SSSR count). The first kappa shape index (κ1) is 13.4. The summed E-state index contributed by atoms with van der Waals surface area (Å²) in [5.74, 6) is 0.421. The van der Waals surface area contributed by atoms with Gasteiger partial charge < -0.3 is 16.0 Å². The van der Waals surface area contributed by atoms with Gasteiger partial charge in [0.1, 0.15) is 0 Å². The number of amides is 1. The molecule has 0 aliphatic rings. The van der Waals surface area contributed by atoms with Crippen LogP contribution in [0.15, 0.2) is 0 Å². The number of carbonyl (C=O) groups excluding carboxylic acids is 1. The fraction of sp³-hybridized carbons (Fsp3) is 0.900. The van der Waals surface area contributed by atoms with E-state index in [9.17, 15) is 4.79 Å². The van der Waals surface area contributed by atoms with Crippen molar-refractivity contribution in [2.45, 2.75) is 26.3 Å². The molecule has 4 heteroatoms. The number of nitrogens with zero attached hydrogens (tertiary/aromatic N) is 1. The first-order valence-corrected chi connectivity index (χ1v) is 5.08. The topological polar surface area (TPSA) is 58.4 Å². The number of nitrogens with one attached hydrogen (secondary N) is 1. The second-order valence-corrected chi connectivity index (χ2v) is 4.17. The third kappa shape index (κ3) is 6.86. The van der Waals surface area contributed by atoms with Crippen molar-refractivity contribution in [3.63, 3.8) is 0 Å².